The Bertz CT molecular complexity index is 232. The highest BCUT2D eigenvalue weighted by Crippen LogP contribution is 2.05. The van der Waals surface area contributed by atoms with Crippen LogP contribution < -0.4 is 5.73 Å². The van der Waals surface area contributed by atoms with Crippen LogP contribution in [0.25, 0.3) is 0 Å². The van der Waals surface area contributed by atoms with E-state index < -0.39 is 29.7 Å². The second-order valence-electron chi connectivity index (χ2n) is 2.63. The number of Topliss-reactive ketones (excluding diaryl/α,β-unsaturated/α-hetero) is 1. The number of hydrogen-bond donors (Lipinski definition) is 3. The number of carboxylic acids is 2. The molecule has 0 rings (SSSR count). The number of rotatable bonds is 4. The van der Waals surface area contributed by atoms with E-state index in [-0.39, 0.29) is 0 Å². The Morgan fingerprint density at radius 3 is 2.00 bits per heavy atom. The van der Waals surface area contributed by atoms with Crippen LogP contribution in [-0.4, -0.2) is 33.5 Å². The second kappa shape index (κ2) is 3.31. The van der Waals surface area contributed by atoms with Gasteiger partial charge in [-0.1, -0.05) is 0 Å². The first-order valence-corrected chi connectivity index (χ1v) is 3.06. The third-order valence-corrected chi connectivity index (χ3v) is 1.25. The number of carbonyl (C=O) groups excluding carboxylic acids is 1. The molecule has 0 aromatic carbocycles. The summed E-state index contributed by atoms with van der Waals surface area (Å²) in [6, 6.07) is 0. The van der Waals surface area contributed by atoms with Crippen molar-refractivity contribution in [1.29, 1.82) is 0 Å². The zero-order valence-electron chi connectivity index (χ0n) is 6.40. The summed E-state index contributed by atoms with van der Waals surface area (Å²) >= 11 is 0. The monoisotopic (exact) mass is 175 g/mol. The fraction of sp³-hybridized carbons (Fsp3) is 0.500. The lowest BCUT2D eigenvalue weighted by Gasteiger charge is -2.16. The normalized spacial score (nSPS) is 14.8. The molecule has 0 fully saturated rings. The largest absolute Gasteiger partial charge is 0.480 e. The lowest BCUT2D eigenvalue weighted by molar-refractivity contribution is -0.152. The SMILES string of the molecule is C[C@@](N)(CC(=O)C(=O)O)C(=O)O. The third kappa shape index (κ3) is 2.67. The summed E-state index contributed by atoms with van der Waals surface area (Å²) in [7, 11) is 0. The molecule has 0 aliphatic heterocycles. The van der Waals surface area contributed by atoms with Gasteiger partial charge in [-0.3, -0.25) is 9.59 Å². The maximum atomic E-state index is 10.5. The van der Waals surface area contributed by atoms with E-state index in [4.69, 9.17) is 15.9 Å². The lowest BCUT2D eigenvalue weighted by Crippen LogP contribution is -2.47. The van der Waals surface area contributed by atoms with Crippen LogP contribution in [0.15, 0.2) is 0 Å². The first-order chi connectivity index (χ1) is 5.27. The van der Waals surface area contributed by atoms with Gasteiger partial charge >= 0.3 is 11.9 Å². The van der Waals surface area contributed by atoms with Gasteiger partial charge in [-0.25, -0.2) is 4.79 Å². The van der Waals surface area contributed by atoms with Crippen molar-refractivity contribution in [3.63, 3.8) is 0 Å². The molecule has 0 spiro atoms. The van der Waals surface area contributed by atoms with Crippen molar-refractivity contribution < 1.29 is 24.6 Å². The van der Waals surface area contributed by atoms with E-state index in [2.05, 4.69) is 0 Å². The van der Waals surface area contributed by atoms with Crippen LogP contribution in [0, 0.1) is 0 Å². The molecule has 6 nitrogen and oxygen atoms in total. The Morgan fingerprint density at radius 2 is 1.75 bits per heavy atom. The van der Waals surface area contributed by atoms with E-state index in [9.17, 15) is 14.4 Å². The van der Waals surface area contributed by atoms with Gasteiger partial charge in [0.1, 0.15) is 5.54 Å². The first kappa shape index (κ1) is 10.6. The summed E-state index contributed by atoms with van der Waals surface area (Å²) in [6.45, 7) is 1.08. The van der Waals surface area contributed by atoms with E-state index >= 15 is 0 Å². The molecule has 0 aromatic rings. The Morgan fingerprint density at radius 1 is 1.33 bits per heavy atom. The Labute approximate surface area is 68.0 Å². The smallest absolute Gasteiger partial charge is 0.372 e. The molecule has 0 bridgehead atoms. The first-order valence-electron chi connectivity index (χ1n) is 3.06. The van der Waals surface area contributed by atoms with Crippen molar-refractivity contribution in [2.45, 2.75) is 18.9 Å². The fourth-order valence-corrected chi connectivity index (χ4v) is 0.485. The fourth-order valence-electron chi connectivity index (χ4n) is 0.485. The van der Waals surface area contributed by atoms with Crippen molar-refractivity contribution >= 4 is 17.7 Å². The third-order valence-electron chi connectivity index (χ3n) is 1.25. The van der Waals surface area contributed by atoms with Gasteiger partial charge in [-0.2, -0.15) is 0 Å². The summed E-state index contributed by atoms with van der Waals surface area (Å²) in [5.41, 5.74) is 3.30. The molecule has 6 heteroatoms. The molecule has 4 N–H and O–H groups in total. The van der Waals surface area contributed by atoms with Crippen molar-refractivity contribution in [2.75, 3.05) is 0 Å². The van der Waals surface area contributed by atoms with E-state index in [1.54, 1.807) is 0 Å². The number of aliphatic carboxylic acids is 2. The Hall–Kier alpha value is -1.43. The summed E-state index contributed by atoms with van der Waals surface area (Å²) in [5.74, 6) is -4.28. The summed E-state index contributed by atoms with van der Waals surface area (Å²) in [4.78, 5) is 30.8. The molecule has 0 aliphatic rings. The Balaban J connectivity index is 4.35. The number of nitrogens with two attached hydrogens (primary N) is 1. The average molecular weight is 175 g/mol. The van der Waals surface area contributed by atoms with Crippen LogP contribution in [0.1, 0.15) is 13.3 Å². The van der Waals surface area contributed by atoms with Crippen LogP contribution in [0.4, 0.5) is 0 Å². The van der Waals surface area contributed by atoms with Crippen LogP contribution in [-0.2, 0) is 14.4 Å². The van der Waals surface area contributed by atoms with Crippen molar-refractivity contribution in [3.8, 4) is 0 Å². The number of carboxylic acid groups (broad SMARTS) is 2. The van der Waals surface area contributed by atoms with Crippen LogP contribution in [0.5, 0.6) is 0 Å². The van der Waals surface area contributed by atoms with E-state index in [0.29, 0.717) is 0 Å². The predicted octanol–water partition coefficient (Wildman–Crippen LogP) is -1.17. The molecular formula is C6H9NO5. The van der Waals surface area contributed by atoms with Crippen molar-refractivity contribution in [2.24, 2.45) is 5.73 Å². The molecule has 12 heavy (non-hydrogen) atoms. The highest BCUT2D eigenvalue weighted by atomic mass is 16.4. The van der Waals surface area contributed by atoms with E-state index in [1.165, 1.54) is 0 Å². The van der Waals surface area contributed by atoms with Gasteiger partial charge in [0.15, 0.2) is 0 Å². The van der Waals surface area contributed by atoms with Gasteiger partial charge < -0.3 is 15.9 Å². The highest BCUT2D eigenvalue weighted by Gasteiger charge is 2.33. The van der Waals surface area contributed by atoms with Gasteiger partial charge in [0.25, 0.3) is 0 Å². The topological polar surface area (TPSA) is 118 Å². The van der Waals surface area contributed by atoms with E-state index in [1.807, 2.05) is 0 Å². The van der Waals surface area contributed by atoms with Gasteiger partial charge in [-0.05, 0) is 6.92 Å². The maximum absolute atomic E-state index is 10.5. The molecule has 0 saturated heterocycles. The van der Waals surface area contributed by atoms with Crippen molar-refractivity contribution in [3.05, 3.63) is 0 Å². The highest BCUT2D eigenvalue weighted by molar-refractivity contribution is 6.33. The molecule has 0 radical (unpaired) electrons. The molecule has 0 heterocycles. The molecule has 0 unspecified atom stereocenters. The number of carbonyl (C=O) groups is 3. The molecule has 68 valence electrons. The van der Waals surface area contributed by atoms with E-state index in [0.717, 1.165) is 6.92 Å². The zero-order chi connectivity index (χ0) is 9.94. The number of ketones is 1. The minimum atomic E-state index is -1.81. The van der Waals surface area contributed by atoms with Crippen LogP contribution >= 0.6 is 0 Å². The van der Waals surface area contributed by atoms with Crippen molar-refractivity contribution in [1.82, 2.24) is 0 Å². The lowest BCUT2D eigenvalue weighted by atomic mass is 9.97. The Kier molecular flexibility index (Phi) is 2.92. The molecule has 0 aliphatic carbocycles. The molecule has 0 aromatic heterocycles. The summed E-state index contributed by atoms with van der Waals surface area (Å²) in [5, 5.41) is 16.5. The standard InChI is InChI=1S/C6H9NO5/c1-6(7,5(11)12)2-3(8)4(9)10/h2,7H2,1H3,(H,9,10)(H,11,12)/t6-/m1/s1. The molecule has 0 amide bonds. The summed E-state index contributed by atoms with van der Waals surface area (Å²) in [6.07, 6.45) is -0.711. The molecule has 0 saturated carbocycles. The predicted molar refractivity (Wildman–Crippen MR) is 37.5 cm³/mol. The molecular weight excluding hydrogens is 166 g/mol. The van der Waals surface area contributed by atoms with Gasteiger partial charge in [0, 0.05) is 6.42 Å². The zero-order valence-corrected chi connectivity index (χ0v) is 6.40. The maximum Gasteiger partial charge on any atom is 0.372 e. The van der Waals surface area contributed by atoms with Crippen LogP contribution in [0.2, 0.25) is 0 Å². The number of hydrogen-bond acceptors (Lipinski definition) is 4. The second-order valence-corrected chi connectivity index (χ2v) is 2.63. The minimum Gasteiger partial charge on any atom is -0.480 e. The van der Waals surface area contributed by atoms with Crippen LogP contribution in [0.3, 0.4) is 0 Å². The van der Waals surface area contributed by atoms with Gasteiger partial charge in [-0.15, -0.1) is 0 Å². The van der Waals surface area contributed by atoms with Gasteiger partial charge in [0.05, 0.1) is 0 Å². The van der Waals surface area contributed by atoms with Gasteiger partial charge in [0.2, 0.25) is 5.78 Å². The summed E-state index contributed by atoms with van der Waals surface area (Å²) < 4.78 is 0. The molecule has 1 atom stereocenters. The quantitative estimate of drug-likeness (QED) is 0.463. The minimum absolute atomic E-state index is 0.711. The average Bonchev–Trinajstić information content (AvgIpc) is 1.85.